The molecule has 1 unspecified atom stereocenters. The normalized spacial score (nSPS) is 30.4. The molecular weight excluding hydrogens is 366 g/mol. The fraction of sp³-hybridized carbons (Fsp3) is 0.739. The van der Waals surface area contributed by atoms with E-state index in [0.29, 0.717) is 12.5 Å². The van der Waals surface area contributed by atoms with Crippen LogP contribution < -0.4 is 0 Å². The first-order valence-electron chi connectivity index (χ1n) is 11.4. The Hall–Kier alpha value is -1.66. The highest BCUT2D eigenvalue weighted by molar-refractivity contribution is 5.94. The summed E-state index contributed by atoms with van der Waals surface area (Å²) in [6, 6.07) is 0.774. The molecule has 0 aromatic heterocycles. The molecule has 2 aliphatic carbocycles. The van der Waals surface area contributed by atoms with Crippen LogP contribution >= 0.6 is 0 Å². The van der Waals surface area contributed by atoms with E-state index in [1.54, 1.807) is 0 Å². The third kappa shape index (κ3) is 3.55. The standard InChI is InChI=1S/C23H33N3O3/c1-17-5-6-20-19(15-17)22(28)29-23(20)7-9-24(10-8-23)16-21(27)26-13-11-25(12-14-26)18-3-2-4-18/h5-6,17-18H,2-4,7-16H2,1H3. The summed E-state index contributed by atoms with van der Waals surface area (Å²) >= 11 is 0. The molecule has 0 radical (unpaired) electrons. The van der Waals surface area contributed by atoms with Crippen molar-refractivity contribution >= 4 is 11.9 Å². The lowest BCUT2D eigenvalue weighted by atomic mass is 9.79. The Labute approximate surface area is 173 Å². The fourth-order valence-corrected chi connectivity index (χ4v) is 5.60. The minimum absolute atomic E-state index is 0.120. The highest BCUT2D eigenvalue weighted by atomic mass is 16.6. The topological polar surface area (TPSA) is 53.1 Å². The zero-order chi connectivity index (χ0) is 20.0. The first-order chi connectivity index (χ1) is 14.0. The number of likely N-dealkylation sites (tertiary alicyclic amines) is 1. The number of esters is 1. The molecule has 0 bridgehead atoms. The zero-order valence-electron chi connectivity index (χ0n) is 17.6. The Kier molecular flexibility index (Phi) is 5.03. The lowest BCUT2D eigenvalue weighted by Gasteiger charge is -2.43. The van der Waals surface area contributed by atoms with Crippen molar-refractivity contribution in [1.29, 1.82) is 0 Å². The van der Waals surface area contributed by atoms with Gasteiger partial charge in [-0.1, -0.05) is 25.5 Å². The van der Waals surface area contributed by atoms with Crippen LogP contribution in [0.5, 0.6) is 0 Å². The van der Waals surface area contributed by atoms with Crippen LogP contribution in [0.25, 0.3) is 0 Å². The summed E-state index contributed by atoms with van der Waals surface area (Å²) in [5, 5.41) is 0. The first-order valence-corrected chi connectivity index (χ1v) is 11.4. The van der Waals surface area contributed by atoms with Crippen LogP contribution in [0.15, 0.2) is 23.3 Å². The van der Waals surface area contributed by atoms with Crippen molar-refractivity contribution in [1.82, 2.24) is 14.7 Å². The van der Waals surface area contributed by atoms with Gasteiger partial charge in [0.05, 0.1) is 6.54 Å². The van der Waals surface area contributed by atoms with E-state index in [0.717, 1.165) is 75.7 Å². The second-order valence-corrected chi connectivity index (χ2v) is 9.59. The monoisotopic (exact) mass is 399 g/mol. The average molecular weight is 400 g/mol. The van der Waals surface area contributed by atoms with Gasteiger partial charge in [-0.15, -0.1) is 0 Å². The molecule has 3 fully saturated rings. The minimum Gasteiger partial charge on any atom is -0.451 e. The number of carbonyl (C=O) groups excluding carboxylic acids is 2. The second-order valence-electron chi connectivity index (χ2n) is 9.59. The summed E-state index contributed by atoms with van der Waals surface area (Å²) in [5.41, 5.74) is 1.55. The van der Waals surface area contributed by atoms with Crippen LogP contribution in [-0.2, 0) is 14.3 Å². The minimum atomic E-state index is -0.447. The lowest BCUT2D eigenvalue weighted by molar-refractivity contribution is -0.151. The quantitative estimate of drug-likeness (QED) is 0.679. The Balaban J connectivity index is 1.13. The number of amides is 1. The number of hydrogen-bond acceptors (Lipinski definition) is 5. The van der Waals surface area contributed by atoms with E-state index in [1.807, 2.05) is 4.90 Å². The van der Waals surface area contributed by atoms with E-state index in [1.165, 1.54) is 19.3 Å². The maximum atomic E-state index is 12.8. The van der Waals surface area contributed by atoms with Gasteiger partial charge in [0.1, 0.15) is 5.60 Å². The largest absolute Gasteiger partial charge is 0.451 e. The van der Waals surface area contributed by atoms with E-state index in [2.05, 4.69) is 28.9 Å². The zero-order valence-corrected chi connectivity index (χ0v) is 17.6. The average Bonchev–Trinajstić information content (AvgIpc) is 2.94. The number of hydrogen-bond donors (Lipinski definition) is 0. The number of fused-ring (bicyclic) bond motifs is 1. The summed E-state index contributed by atoms with van der Waals surface area (Å²) in [6.07, 6.45) is 10.7. The van der Waals surface area contributed by atoms with E-state index in [4.69, 9.17) is 4.74 Å². The number of carbonyl (C=O) groups is 2. The number of ether oxygens (including phenoxy) is 1. The van der Waals surface area contributed by atoms with Crippen molar-refractivity contribution in [2.75, 3.05) is 45.8 Å². The fourth-order valence-electron chi connectivity index (χ4n) is 5.60. The van der Waals surface area contributed by atoms with Crippen LogP contribution in [0.3, 0.4) is 0 Å². The second kappa shape index (κ2) is 7.55. The molecule has 158 valence electrons. The van der Waals surface area contributed by atoms with E-state index < -0.39 is 5.60 Å². The number of rotatable bonds is 3. The maximum Gasteiger partial charge on any atom is 0.335 e. The lowest BCUT2D eigenvalue weighted by Crippen LogP contribution is -2.55. The number of nitrogens with zero attached hydrogens (tertiary/aromatic N) is 3. The molecule has 1 amide bonds. The molecule has 0 N–H and O–H groups in total. The molecule has 29 heavy (non-hydrogen) atoms. The predicted molar refractivity (Wildman–Crippen MR) is 110 cm³/mol. The molecule has 5 aliphatic rings. The van der Waals surface area contributed by atoms with Crippen LogP contribution in [0.2, 0.25) is 0 Å². The molecule has 5 rings (SSSR count). The van der Waals surface area contributed by atoms with Crippen molar-refractivity contribution in [3.8, 4) is 0 Å². The summed E-state index contributed by atoms with van der Waals surface area (Å²) < 4.78 is 5.91. The van der Waals surface area contributed by atoms with Crippen molar-refractivity contribution in [3.05, 3.63) is 23.3 Å². The molecule has 6 nitrogen and oxygen atoms in total. The van der Waals surface area contributed by atoms with Crippen LogP contribution in [0.1, 0.15) is 45.4 Å². The van der Waals surface area contributed by atoms with Gasteiger partial charge in [0.15, 0.2) is 0 Å². The molecule has 1 atom stereocenters. The number of allylic oxidation sites excluding steroid dienone is 1. The highest BCUT2D eigenvalue weighted by Crippen LogP contribution is 2.45. The van der Waals surface area contributed by atoms with Crippen molar-refractivity contribution < 1.29 is 14.3 Å². The smallest absolute Gasteiger partial charge is 0.335 e. The van der Waals surface area contributed by atoms with Gasteiger partial charge in [0.25, 0.3) is 0 Å². The summed E-state index contributed by atoms with van der Waals surface area (Å²) in [5.74, 6) is 0.535. The SMILES string of the molecule is CC1C=CC2=C(C1)C(=O)OC21CCN(CC(=O)N2CCN(C3CCC3)CC2)CC1. The third-order valence-electron chi connectivity index (χ3n) is 7.75. The van der Waals surface area contributed by atoms with Gasteiger partial charge in [-0.25, -0.2) is 4.79 Å². The molecule has 1 spiro atoms. The Morgan fingerprint density at radius 1 is 1.14 bits per heavy atom. The summed E-state index contributed by atoms with van der Waals surface area (Å²) in [4.78, 5) is 32.1. The number of piperazine rings is 1. The maximum absolute atomic E-state index is 12.8. The molecule has 3 aliphatic heterocycles. The Morgan fingerprint density at radius 2 is 1.86 bits per heavy atom. The van der Waals surface area contributed by atoms with Crippen molar-refractivity contribution in [2.24, 2.45) is 5.92 Å². The van der Waals surface area contributed by atoms with E-state index >= 15 is 0 Å². The molecule has 2 saturated heterocycles. The molecule has 1 saturated carbocycles. The van der Waals surface area contributed by atoms with E-state index in [-0.39, 0.29) is 11.9 Å². The Bertz CT molecular complexity index is 738. The van der Waals surface area contributed by atoms with E-state index in [9.17, 15) is 9.59 Å². The van der Waals surface area contributed by atoms with Gasteiger partial charge in [-0.2, -0.15) is 0 Å². The van der Waals surface area contributed by atoms with Crippen LogP contribution in [0.4, 0.5) is 0 Å². The van der Waals surface area contributed by atoms with Gasteiger partial charge in [0.2, 0.25) is 5.91 Å². The van der Waals surface area contributed by atoms with Crippen LogP contribution in [-0.4, -0.2) is 84.0 Å². The molecule has 0 aromatic rings. The van der Waals surface area contributed by atoms with Crippen LogP contribution in [0, 0.1) is 5.92 Å². The van der Waals surface area contributed by atoms with Gasteiger partial charge in [-0.05, 0) is 25.2 Å². The highest BCUT2D eigenvalue weighted by Gasteiger charge is 2.49. The summed E-state index contributed by atoms with van der Waals surface area (Å²) in [7, 11) is 0. The van der Waals surface area contributed by atoms with Gasteiger partial charge in [-0.3, -0.25) is 14.6 Å². The molecule has 0 aromatic carbocycles. The van der Waals surface area contributed by atoms with Crippen molar-refractivity contribution in [2.45, 2.75) is 57.1 Å². The predicted octanol–water partition coefficient (Wildman–Crippen LogP) is 1.97. The summed E-state index contributed by atoms with van der Waals surface area (Å²) in [6.45, 7) is 8.02. The Morgan fingerprint density at radius 3 is 2.52 bits per heavy atom. The molecule has 3 heterocycles. The first kappa shape index (κ1) is 19.3. The molecular formula is C23H33N3O3. The van der Waals surface area contributed by atoms with Crippen molar-refractivity contribution in [3.63, 3.8) is 0 Å². The van der Waals surface area contributed by atoms with Gasteiger partial charge < -0.3 is 9.64 Å². The third-order valence-corrected chi connectivity index (χ3v) is 7.75. The van der Waals surface area contributed by atoms with Gasteiger partial charge >= 0.3 is 5.97 Å². The van der Waals surface area contributed by atoms with Gasteiger partial charge in [0, 0.05) is 69.3 Å². The number of piperidine rings is 1. The molecule has 6 heteroatoms.